The fourth-order valence-corrected chi connectivity index (χ4v) is 2.45. The fraction of sp³-hybridized carbons (Fsp3) is 0.333. The summed E-state index contributed by atoms with van der Waals surface area (Å²) in [4.78, 5) is 24.2. The van der Waals surface area contributed by atoms with Gasteiger partial charge in [0.2, 0.25) is 0 Å². The number of anilines is 1. The first-order valence-corrected chi connectivity index (χ1v) is 8.77. The van der Waals surface area contributed by atoms with Crippen LogP contribution in [0.25, 0.3) is 0 Å². The first-order chi connectivity index (χ1) is 12.5. The van der Waals surface area contributed by atoms with Crippen molar-refractivity contribution in [3.63, 3.8) is 0 Å². The topological polar surface area (TPSA) is 64.6 Å². The van der Waals surface area contributed by atoms with Gasteiger partial charge in [-0.1, -0.05) is 19.1 Å². The average Bonchev–Trinajstić information content (AvgIpc) is 2.63. The summed E-state index contributed by atoms with van der Waals surface area (Å²) in [5, 5.41) is 2.83. The average molecular weight is 355 g/mol. The van der Waals surface area contributed by atoms with Crippen LogP contribution in [0.4, 0.5) is 5.69 Å². The molecule has 0 saturated heterocycles. The highest BCUT2D eigenvalue weighted by atomic mass is 16.5. The van der Waals surface area contributed by atoms with Gasteiger partial charge in [-0.2, -0.15) is 0 Å². The third-order valence-electron chi connectivity index (χ3n) is 4.15. The summed E-state index contributed by atoms with van der Waals surface area (Å²) < 4.78 is 10.9. The number of amides is 1. The third-order valence-corrected chi connectivity index (χ3v) is 4.15. The van der Waals surface area contributed by atoms with Crippen LogP contribution in [0.5, 0.6) is 5.75 Å². The molecule has 0 saturated carbocycles. The minimum atomic E-state index is -0.597. The van der Waals surface area contributed by atoms with E-state index in [1.54, 1.807) is 31.2 Å². The molecule has 0 aromatic heterocycles. The van der Waals surface area contributed by atoms with E-state index in [4.69, 9.17) is 9.47 Å². The molecule has 0 radical (unpaired) electrons. The molecular weight excluding hydrogens is 330 g/mol. The lowest BCUT2D eigenvalue weighted by molar-refractivity contribution is -0.122. The summed E-state index contributed by atoms with van der Waals surface area (Å²) in [7, 11) is 0. The number of ether oxygens (including phenoxy) is 2. The smallest absolute Gasteiger partial charge is 0.338 e. The summed E-state index contributed by atoms with van der Waals surface area (Å²) in [5.41, 5.74) is 3.19. The highest BCUT2D eigenvalue weighted by molar-refractivity contribution is 5.95. The Morgan fingerprint density at radius 1 is 1.04 bits per heavy atom. The molecule has 0 spiro atoms. The van der Waals surface area contributed by atoms with Crippen LogP contribution in [-0.2, 0) is 9.53 Å². The van der Waals surface area contributed by atoms with Crippen LogP contribution in [0.15, 0.2) is 42.5 Å². The Kier molecular flexibility index (Phi) is 6.78. The number of aryl methyl sites for hydroxylation is 1. The SMILES string of the molecule is CCOC(=O)c1ccc(NC(=O)[C@@H](CC)Oc2cccc(C)c2C)cc1. The Hall–Kier alpha value is -2.82. The lowest BCUT2D eigenvalue weighted by Gasteiger charge is -2.19. The first-order valence-electron chi connectivity index (χ1n) is 8.77. The predicted molar refractivity (Wildman–Crippen MR) is 102 cm³/mol. The van der Waals surface area contributed by atoms with E-state index in [0.717, 1.165) is 11.1 Å². The van der Waals surface area contributed by atoms with Crippen molar-refractivity contribution < 1.29 is 19.1 Å². The van der Waals surface area contributed by atoms with Gasteiger partial charge >= 0.3 is 5.97 Å². The van der Waals surface area contributed by atoms with Gasteiger partial charge in [-0.05, 0) is 68.7 Å². The maximum atomic E-state index is 12.5. The molecule has 26 heavy (non-hydrogen) atoms. The van der Waals surface area contributed by atoms with Gasteiger partial charge in [0.1, 0.15) is 5.75 Å². The molecule has 138 valence electrons. The van der Waals surface area contributed by atoms with E-state index in [9.17, 15) is 9.59 Å². The first kappa shape index (κ1) is 19.5. The van der Waals surface area contributed by atoms with Crippen LogP contribution in [0, 0.1) is 13.8 Å². The molecule has 0 bridgehead atoms. The summed E-state index contributed by atoms with van der Waals surface area (Å²) in [5.74, 6) is 0.108. The van der Waals surface area contributed by atoms with Gasteiger partial charge in [-0.15, -0.1) is 0 Å². The van der Waals surface area contributed by atoms with E-state index < -0.39 is 6.10 Å². The van der Waals surface area contributed by atoms with Crippen molar-refractivity contribution in [2.24, 2.45) is 0 Å². The van der Waals surface area contributed by atoms with E-state index in [-0.39, 0.29) is 11.9 Å². The number of hydrogen-bond acceptors (Lipinski definition) is 4. The maximum Gasteiger partial charge on any atom is 0.338 e. The molecule has 1 atom stereocenters. The highest BCUT2D eigenvalue weighted by Gasteiger charge is 2.20. The maximum absolute atomic E-state index is 12.5. The zero-order valence-corrected chi connectivity index (χ0v) is 15.7. The number of benzene rings is 2. The minimum Gasteiger partial charge on any atom is -0.480 e. The van der Waals surface area contributed by atoms with Crippen LogP contribution in [0.1, 0.15) is 41.8 Å². The number of hydrogen-bond donors (Lipinski definition) is 1. The standard InChI is InChI=1S/C21H25NO4/c1-5-18(26-19-9-7-8-14(3)15(19)4)20(23)22-17-12-10-16(11-13-17)21(24)25-6-2/h7-13,18H,5-6H2,1-4H3,(H,22,23)/t18-/m1/s1. The van der Waals surface area contributed by atoms with Gasteiger partial charge in [-0.25, -0.2) is 4.79 Å². The fourth-order valence-electron chi connectivity index (χ4n) is 2.45. The van der Waals surface area contributed by atoms with Gasteiger partial charge in [0.15, 0.2) is 6.10 Å². The highest BCUT2D eigenvalue weighted by Crippen LogP contribution is 2.23. The van der Waals surface area contributed by atoms with Crippen molar-refractivity contribution in [2.45, 2.75) is 40.2 Å². The molecule has 0 heterocycles. The van der Waals surface area contributed by atoms with Crippen LogP contribution < -0.4 is 10.1 Å². The van der Waals surface area contributed by atoms with Crippen molar-refractivity contribution in [1.82, 2.24) is 0 Å². The molecule has 0 unspecified atom stereocenters. The monoisotopic (exact) mass is 355 g/mol. The second-order valence-electron chi connectivity index (χ2n) is 6.00. The number of rotatable bonds is 7. The van der Waals surface area contributed by atoms with Crippen molar-refractivity contribution >= 4 is 17.6 Å². The van der Waals surface area contributed by atoms with Gasteiger partial charge < -0.3 is 14.8 Å². The molecule has 0 aliphatic carbocycles. The van der Waals surface area contributed by atoms with E-state index in [1.807, 2.05) is 39.0 Å². The number of carbonyl (C=O) groups is 2. The molecule has 0 aliphatic rings. The summed E-state index contributed by atoms with van der Waals surface area (Å²) >= 11 is 0. The van der Waals surface area contributed by atoms with Crippen molar-refractivity contribution in [3.8, 4) is 5.75 Å². The second kappa shape index (κ2) is 9.04. The van der Waals surface area contributed by atoms with Crippen LogP contribution >= 0.6 is 0 Å². The van der Waals surface area contributed by atoms with Crippen LogP contribution in [0.3, 0.4) is 0 Å². The lowest BCUT2D eigenvalue weighted by atomic mass is 10.1. The van der Waals surface area contributed by atoms with E-state index in [1.165, 1.54) is 0 Å². The number of nitrogens with one attached hydrogen (secondary N) is 1. The van der Waals surface area contributed by atoms with E-state index in [0.29, 0.717) is 30.0 Å². The normalized spacial score (nSPS) is 11.5. The zero-order valence-electron chi connectivity index (χ0n) is 15.7. The van der Waals surface area contributed by atoms with Crippen LogP contribution in [0.2, 0.25) is 0 Å². The number of carbonyl (C=O) groups excluding carboxylic acids is 2. The van der Waals surface area contributed by atoms with Crippen molar-refractivity contribution in [2.75, 3.05) is 11.9 Å². The molecule has 5 heteroatoms. The van der Waals surface area contributed by atoms with Gasteiger partial charge in [0.25, 0.3) is 5.91 Å². The summed E-state index contributed by atoms with van der Waals surface area (Å²) in [6.07, 6.45) is -0.0552. The molecule has 1 amide bonds. The molecular formula is C21H25NO4. The predicted octanol–water partition coefficient (Wildman–Crippen LogP) is 4.28. The minimum absolute atomic E-state index is 0.225. The van der Waals surface area contributed by atoms with Crippen LogP contribution in [-0.4, -0.2) is 24.6 Å². The summed E-state index contributed by atoms with van der Waals surface area (Å²) in [6, 6.07) is 12.4. The van der Waals surface area contributed by atoms with Gasteiger partial charge in [0.05, 0.1) is 12.2 Å². The molecule has 0 aliphatic heterocycles. The molecule has 5 nitrogen and oxygen atoms in total. The lowest BCUT2D eigenvalue weighted by Crippen LogP contribution is -2.32. The summed E-state index contributed by atoms with van der Waals surface area (Å²) in [6.45, 7) is 7.97. The third kappa shape index (κ3) is 4.85. The molecule has 1 N–H and O–H groups in total. The molecule has 2 aromatic rings. The zero-order chi connectivity index (χ0) is 19.1. The van der Waals surface area contributed by atoms with Crippen molar-refractivity contribution in [3.05, 3.63) is 59.2 Å². The van der Waals surface area contributed by atoms with Crippen molar-refractivity contribution in [1.29, 1.82) is 0 Å². The Balaban J connectivity index is 2.04. The van der Waals surface area contributed by atoms with Gasteiger partial charge in [0, 0.05) is 5.69 Å². The second-order valence-corrected chi connectivity index (χ2v) is 6.00. The Bertz CT molecular complexity index is 768. The van der Waals surface area contributed by atoms with Gasteiger partial charge in [-0.3, -0.25) is 4.79 Å². The Morgan fingerprint density at radius 2 is 1.73 bits per heavy atom. The Morgan fingerprint density at radius 3 is 2.35 bits per heavy atom. The molecule has 0 fully saturated rings. The Labute approximate surface area is 154 Å². The molecule has 2 rings (SSSR count). The largest absolute Gasteiger partial charge is 0.480 e. The van der Waals surface area contributed by atoms with E-state index >= 15 is 0 Å². The number of esters is 1. The van der Waals surface area contributed by atoms with E-state index in [2.05, 4.69) is 5.32 Å². The quantitative estimate of drug-likeness (QED) is 0.753. The molecule has 2 aromatic carbocycles.